The summed E-state index contributed by atoms with van der Waals surface area (Å²) in [6.07, 6.45) is 1.25. The predicted molar refractivity (Wildman–Crippen MR) is 92.0 cm³/mol. The van der Waals surface area contributed by atoms with Gasteiger partial charge < -0.3 is 19.9 Å². The number of piperazine rings is 1. The molecule has 1 heterocycles. The molecule has 0 spiro atoms. The molecule has 0 aromatic heterocycles. The zero-order chi connectivity index (χ0) is 17.2. The second kappa shape index (κ2) is 6.81. The molecule has 2 amide bonds. The zero-order valence-corrected chi connectivity index (χ0v) is 14.4. The Labute approximate surface area is 142 Å². The summed E-state index contributed by atoms with van der Waals surface area (Å²) >= 11 is 0. The van der Waals surface area contributed by atoms with Crippen molar-refractivity contribution in [2.45, 2.75) is 19.8 Å². The van der Waals surface area contributed by atoms with E-state index in [1.54, 1.807) is 19.2 Å². The Morgan fingerprint density at radius 2 is 1.83 bits per heavy atom. The fourth-order valence-electron chi connectivity index (χ4n) is 3.22. The summed E-state index contributed by atoms with van der Waals surface area (Å²) in [4.78, 5) is 29.8. The number of methoxy groups -OCH3 is 1. The molecular formula is C18H25N3O3. The van der Waals surface area contributed by atoms with Gasteiger partial charge in [-0.05, 0) is 31.5 Å². The van der Waals surface area contributed by atoms with E-state index in [4.69, 9.17) is 4.74 Å². The Balaban J connectivity index is 1.67. The summed E-state index contributed by atoms with van der Waals surface area (Å²) in [5, 5.41) is 2.88. The lowest BCUT2D eigenvalue weighted by atomic mass is 10.0. The average molecular weight is 331 g/mol. The maximum atomic E-state index is 12.9. The number of nitrogens with one attached hydrogen (secondary N) is 1. The van der Waals surface area contributed by atoms with Crippen molar-refractivity contribution >= 4 is 17.5 Å². The Kier molecular flexibility index (Phi) is 4.76. The smallest absolute Gasteiger partial charge is 0.240 e. The first-order valence-electron chi connectivity index (χ1n) is 8.57. The Morgan fingerprint density at radius 3 is 2.42 bits per heavy atom. The lowest BCUT2D eigenvalue weighted by molar-refractivity contribution is -0.143. The SMILES string of the molecule is CCN1CCN(C(=O)C2(C(=O)Nc3ccccc3OC)CC2)CC1. The van der Waals surface area contributed by atoms with Crippen molar-refractivity contribution in [3.05, 3.63) is 24.3 Å². The first-order valence-corrected chi connectivity index (χ1v) is 8.57. The fraction of sp³-hybridized carbons (Fsp3) is 0.556. The minimum absolute atomic E-state index is 0.0225. The van der Waals surface area contributed by atoms with E-state index < -0.39 is 5.41 Å². The van der Waals surface area contributed by atoms with Gasteiger partial charge in [-0.1, -0.05) is 19.1 Å². The zero-order valence-electron chi connectivity index (χ0n) is 14.4. The molecule has 1 N–H and O–H groups in total. The highest BCUT2D eigenvalue weighted by Gasteiger charge is 2.58. The van der Waals surface area contributed by atoms with E-state index in [2.05, 4.69) is 17.1 Å². The molecule has 1 aromatic rings. The summed E-state index contributed by atoms with van der Waals surface area (Å²) < 4.78 is 5.26. The second-order valence-electron chi connectivity index (χ2n) is 6.46. The molecule has 2 fully saturated rings. The Morgan fingerprint density at radius 1 is 1.17 bits per heavy atom. The molecule has 2 aliphatic rings. The van der Waals surface area contributed by atoms with E-state index in [1.807, 2.05) is 17.0 Å². The van der Waals surface area contributed by atoms with Crippen LogP contribution in [-0.4, -0.2) is 61.4 Å². The van der Waals surface area contributed by atoms with Crippen LogP contribution in [0.4, 0.5) is 5.69 Å². The third kappa shape index (κ3) is 3.11. The van der Waals surface area contributed by atoms with Crippen molar-refractivity contribution in [2.75, 3.05) is 45.2 Å². The van der Waals surface area contributed by atoms with Crippen LogP contribution in [0.1, 0.15) is 19.8 Å². The number of likely N-dealkylation sites (N-methyl/N-ethyl adjacent to an activating group) is 1. The molecule has 1 aliphatic carbocycles. The van der Waals surface area contributed by atoms with Crippen LogP contribution in [0.5, 0.6) is 5.75 Å². The van der Waals surface area contributed by atoms with Crippen LogP contribution in [0, 0.1) is 5.41 Å². The number of benzene rings is 1. The predicted octanol–water partition coefficient (Wildman–Crippen LogP) is 1.58. The van der Waals surface area contributed by atoms with Gasteiger partial charge in [-0.15, -0.1) is 0 Å². The number of para-hydroxylation sites is 2. The largest absolute Gasteiger partial charge is 0.495 e. The number of ether oxygens (including phenoxy) is 1. The maximum absolute atomic E-state index is 12.9. The third-order valence-electron chi connectivity index (χ3n) is 5.06. The summed E-state index contributed by atoms with van der Waals surface area (Å²) in [5.41, 5.74) is -0.269. The van der Waals surface area contributed by atoms with Gasteiger partial charge in [-0.3, -0.25) is 9.59 Å². The average Bonchev–Trinajstić information content (AvgIpc) is 3.43. The van der Waals surface area contributed by atoms with Crippen LogP contribution < -0.4 is 10.1 Å². The molecule has 1 aliphatic heterocycles. The lowest BCUT2D eigenvalue weighted by Crippen LogP contribution is -2.52. The van der Waals surface area contributed by atoms with E-state index in [0.717, 1.165) is 19.6 Å². The molecule has 130 valence electrons. The Hall–Kier alpha value is -2.08. The van der Waals surface area contributed by atoms with Gasteiger partial charge in [0.15, 0.2) is 0 Å². The summed E-state index contributed by atoms with van der Waals surface area (Å²) in [7, 11) is 1.57. The van der Waals surface area contributed by atoms with Crippen LogP contribution in [0.25, 0.3) is 0 Å². The maximum Gasteiger partial charge on any atom is 0.240 e. The van der Waals surface area contributed by atoms with Crippen LogP contribution in [0.3, 0.4) is 0 Å². The van der Waals surface area contributed by atoms with Gasteiger partial charge in [-0.25, -0.2) is 0 Å². The number of anilines is 1. The topological polar surface area (TPSA) is 61.9 Å². The van der Waals surface area contributed by atoms with Gasteiger partial charge in [0.1, 0.15) is 11.2 Å². The van der Waals surface area contributed by atoms with Gasteiger partial charge in [0.05, 0.1) is 12.8 Å². The molecule has 6 nitrogen and oxygen atoms in total. The van der Waals surface area contributed by atoms with Crippen molar-refractivity contribution < 1.29 is 14.3 Å². The Bertz CT molecular complexity index is 620. The quantitative estimate of drug-likeness (QED) is 0.832. The minimum atomic E-state index is -0.880. The van der Waals surface area contributed by atoms with Gasteiger partial charge >= 0.3 is 0 Å². The highest BCUT2D eigenvalue weighted by Crippen LogP contribution is 2.48. The number of carbonyl (C=O) groups excluding carboxylic acids is 2. The van der Waals surface area contributed by atoms with Crippen molar-refractivity contribution in [3.8, 4) is 5.75 Å². The van der Waals surface area contributed by atoms with Crippen molar-refractivity contribution in [2.24, 2.45) is 5.41 Å². The number of amides is 2. The van der Waals surface area contributed by atoms with E-state index in [-0.39, 0.29) is 11.8 Å². The molecular weight excluding hydrogens is 306 g/mol. The standard InChI is InChI=1S/C18H25N3O3/c1-3-20-10-12-21(13-11-20)17(23)18(8-9-18)16(22)19-14-6-4-5-7-15(14)24-2/h4-7H,3,8-13H2,1-2H3,(H,19,22). The minimum Gasteiger partial charge on any atom is -0.495 e. The van der Waals surface area contributed by atoms with Crippen molar-refractivity contribution in [1.29, 1.82) is 0 Å². The third-order valence-corrected chi connectivity index (χ3v) is 5.06. The van der Waals surface area contributed by atoms with Gasteiger partial charge in [0.25, 0.3) is 0 Å². The lowest BCUT2D eigenvalue weighted by Gasteiger charge is -2.35. The second-order valence-corrected chi connectivity index (χ2v) is 6.46. The summed E-state index contributed by atoms with van der Waals surface area (Å²) in [6.45, 7) is 6.30. The van der Waals surface area contributed by atoms with Crippen molar-refractivity contribution in [3.63, 3.8) is 0 Å². The number of nitrogens with zero attached hydrogens (tertiary/aromatic N) is 2. The molecule has 0 unspecified atom stereocenters. The van der Waals surface area contributed by atoms with Gasteiger partial charge in [0, 0.05) is 26.2 Å². The normalized spacial score (nSPS) is 19.7. The molecule has 1 aromatic carbocycles. The molecule has 0 bridgehead atoms. The highest BCUT2D eigenvalue weighted by atomic mass is 16.5. The molecule has 3 rings (SSSR count). The molecule has 0 atom stereocenters. The van der Waals surface area contributed by atoms with E-state index in [1.165, 1.54) is 0 Å². The van der Waals surface area contributed by atoms with E-state index in [0.29, 0.717) is 37.4 Å². The monoisotopic (exact) mass is 331 g/mol. The summed E-state index contributed by atoms with van der Waals surface area (Å²) in [5.74, 6) is 0.367. The van der Waals surface area contributed by atoms with Crippen LogP contribution >= 0.6 is 0 Å². The number of hydrogen-bond donors (Lipinski definition) is 1. The van der Waals surface area contributed by atoms with Crippen LogP contribution in [0.15, 0.2) is 24.3 Å². The van der Waals surface area contributed by atoms with Crippen LogP contribution in [-0.2, 0) is 9.59 Å². The molecule has 1 saturated heterocycles. The summed E-state index contributed by atoms with van der Waals surface area (Å²) in [6, 6.07) is 7.27. The number of carbonyl (C=O) groups is 2. The molecule has 24 heavy (non-hydrogen) atoms. The van der Waals surface area contributed by atoms with Gasteiger partial charge in [0.2, 0.25) is 11.8 Å². The number of hydrogen-bond acceptors (Lipinski definition) is 4. The van der Waals surface area contributed by atoms with Crippen LogP contribution in [0.2, 0.25) is 0 Å². The highest BCUT2D eigenvalue weighted by molar-refractivity contribution is 6.13. The van der Waals surface area contributed by atoms with E-state index >= 15 is 0 Å². The number of rotatable bonds is 5. The van der Waals surface area contributed by atoms with E-state index in [9.17, 15) is 9.59 Å². The molecule has 0 radical (unpaired) electrons. The van der Waals surface area contributed by atoms with Gasteiger partial charge in [-0.2, -0.15) is 0 Å². The molecule has 6 heteroatoms. The molecule has 1 saturated carbocycles. The fourth-order valence-corrected chi connectivity index (χ4v) is 3.22. The first-order chi connectivity index (χ1) is 11.6. The first kappa shape index (κ1) is 16.8. The van der Waals surface area contributed by atoms with Crippen molar-refractivity contribution in [1.82, 2.24) is 9.80 Å².